The van der Waals surface area contributed by atoms with Gasteiger partial charge < -0.3 is 19.8 Å². The zero-order valence-corrected chi connectivity index (χ0v) is 18.9. The number of anilines is 3. The Morgan fingerprint density at radius 3 is 1.94 bits per heavy atom. The van der Waals surface area contributed by atoms with E-state index >= 15 is 0 Å². The Morgan fingerprint density at radius 1 is 0.719 bits per heavy atom. The van der Waals surface area contributed by atoms with Crippen LogP contribution in [0, 0.1) is 5.92 Å². The number of aromatic nitrogens is 3. The van der Waals surface area contributed by atoms with Crippen molar-refractivity contribution in [1.29, 1.82) is 0 Å². The molecular formula is C25H34N6O. The molecule has 1 aromatic heterocycles. The largest absolute Gasteiger partial charge is 0.508 e. The summed E-state index contributed by atoms with van der Waals surface area (Å²) in [6.45, 7) is 6.03. The van der Waals surface area contributed by atoms with Crippen LogP contribution >= 0.6 is 0 Å². The summed E-state index contributed by atoms with van der Waals surface area (Å²) in [5.41, 5.74) is 2.47. The highest BCUT2D eigenvalue weighted by atomic mass is 16.3. The van der Waals surface area contributed by atoms with Crippen molar-refractivity contribution >= 4 is 17.8 Å². The summed E-state index contributed by atoms with van der Waals surface area (Å²) < 4.78 is 0. The van der Waals surface area contributed by atoms with Crippen LogP contribution in [0.15, 0.2) is 18.2 Å². The summed E-state index contributed by atoms with van der Waals surface area (Å²) in [5.74, 6) is 4.00. The van der Waals surface area contributed by atoms with E-state index in [2.05, 4.69) is 20.8 Å². The molecule has 1 aromatic carbocycles. The molecule has 2 aromatic rings. The first-order valence-corrected chi connectivity index (χ1v) is 12.6. The van der Waals surface area contributed by atoms with Crippen molar-refractivity contribution in [1.82, 2.24) is 15.0 Å². The van der Waals surface area contributed by atoms with Crippen LogP contribution in [0.3, 0.4) is 0 Å². The van der Waals surface area contributed by atoms with Gasteiger partial charge in [-0.15, -0.1) is 0 Å². The third-order valence-electron chi connectivity index (χ3n) is 7.82. The molecule has 3 saturated heterocycles. The number of hydrogen-bond acceptors (Lipinski definition) is 7. The van der Waals surface area contributed by atoms with Crippen LogP contribution in [0.5, 0.6) is 5.75 Å². The molecule has 2 bridgehead atoms. The Bertz CT molecular complexity index is 933. The number of nitrogens with zero attached hydrogens (tertiary/aromatic N) is 6. The third-order valence-corrected chi connectivity index (χ3v) is 7.82. The second-order valence-corrected chi connectivity index (χ2v) is 10.1. The molecule has 4 aliphatic rings. The SMILES string of the molecule is Oc1cccc2c1C[C@H]1C[C@H]2CN(c2nc(N3CCCCC3)nc(N3CCCCC3)n2)C1. The van der Waals surface area contributed by atoms with Gasteiger partial charge in [0.05, 0.1) is 0 Å². The normalized spacial score (nSPS) is 25.6. The molecule has 7 heteroatoms. The lowest BCUT2D eigenvalue weighted by Gasteiger charge is -2.43. The molecule has 3 fully saturated rings. The number of aromatic hydroxyl groups is 1. The highest BCUT2D eigenvalue weighted by Gasteiger charge is 2.36. The van der Waals surface area contributed by atoms with Crippen molar-refractivity contribution in [3.05, 3.63) is 29.3 Å². The number of phenols is 1. The van der Waals surface area contributed by atoms with Crippen LogP contribution in [0.2, 0.25) is 0 Å². The fraction of sp³-hybridized carbons (Fsp3) is 0.640. The molecule has 2 atom stereocenters. The van der Waals surface area contributed by atoms with E-state index in [0.29, 0.717) is 17.6 Å². The van der Waals surface area contributed by atoms with Crippen LogP contribution in [-0.2, 0) is 6.42 Å². The second-order valence-electron chi connectivity index (χ2n) is 10.1. The van der Waals surface area contributed by atoms with Crippen molar-refractivity contribution in [3.8, 4) is 5.75 Å². The lowest BCUT2D eigenvalue weighted by atomic mass is 9.73. The Hall–Kier alpha value is -2.57. The lowest BCUT2D eigenvalue weighted by molar-refractivity contribution is 0.339. The van der Waals surface area contributed by atoms with Crippen molar-refractivity contribution in [2.45, 2.75) is 57.3 Å². The second kappa shape index (κ2) is 8.41. The minimum Gasteiger partial charge on any atom is -0.508 e. The zero-order chi connectivity index (χ0) is 21.5. The zero-order valence-electron chi connectivity index (χ0n) is 18.9. The van der Waals surface area contributed by atoms with Gasteiger partial charge in [-0.3, -0.25) is 0 Å². The summed E-state index contributed by atoms with van der Waals surface area (Å²) in [6, 6.07) is 6.02. The van der Waals surface area contributed by atoms with Crippen molar-refractivity contribution in [2.24, 2.45) is 5.92 Å². The van der Waals surface area contributed by atoms with E-state index < -0.39 is 0 Å². The number of piperidine rings is 3. The molecule has 32 heavy (non-hydrogen) atoms. The predicted octanol–water partition coefficient (Wildman–Crippen LogP) is 3.72. The molecule has 0 amide bonds. The standard InChI is InChI=1S/C25H34N6O/c32-22-9-7-8-20-19-14-18(15-21(20)22)16-31(17-19)25-27-23(29-10-3-1-4-11-29)26-24(28-25)30-12-5-2-6-13-30/h7-9,18-19,32H,1-6,10-17H2/t18-,19+/m1/s1. The first kappa shape index (κ1) is 20.1. The van der Waals surface area contributed by atoms with Crippen LogP contribution in [0.4, 0.5) is 17.8 Å². The molecule has 6 rings (SSSR count). The number of phenolic OH excluding ortho intramolecular Hbond substituents is 1. The Morgan fingerprint density at radius 2 is 1.31 bits per heavy atom. The van der Waals surface area contributed by atoms with Gasteiger partial charge >= 0.3 is 0 Å². The van der Waals surface area contributed by atoms with E-state index in [1.165, 1.54) is 50.5 Å². The molecular weight excluding hydrogens is 400 g/mol. The number of benzene rings is 1. The molecule has 0 spiro atoms. The van der Waals surface area contributed by atoms with Crippen LogP contribution in [0.1, 0.15) is 62.0 Å². The molecule has 1 N–H and O–H groups in total. The summed E-state index contributed by atoms with van der Waals surface area (Å²) in [5, 5.41) is 10.4. The van der Waals surface area contributed by atoms with Crippen LogP contribution in [0.25, 0.3) is 0 Å². The molecule has 3 aliphatic heterocycles. The molecule has 0 radical (unpaired) electrons. The molecule has 170 valence electrons. The quantitative estimate of drug-likeness (QED) is 0.789. The van der Waals surface area contributed by atoms with Gasteiger partial charge in [-0.25, -0.2) is 0 Å². The maximum Gasteiger partial charge on any atom is 0.231 e. The van der Waals surface area contributed by atoms with Gasteiger partial charge in [-0.05, 0) is 74.5 Å². The number of fused-ring (bicyclic) bond motifs is 4. The van der Waals surface area contributed by atoms with Gasteiger partial charge in [-0.2, -0.15) is 15.0 Å². The molecule has 4 heterocycles. The maximum atomic E-state index is 10.4. The summed E-state index contributed by atoms with van der Waals surface area (Å²) >= 11 is 0. The average molecular weight is 435 g/mol. The van der Waals surface area contributed by atoms with E-state index in [-0.39, 0.29) is 0 Å². The lowest BCUT2D eigenvalue weighted by Crippen LogP contribution is -2.44. The van der Waals surface area contributed by atoms with Gasteiger partial charge in [0.15, 0.2) is 0 Å². The van der Waals surface area contributed by atoms with Gasteiger partial charge in [-0.1, -0.05) is 12.1 Å². The molecule has 0 saturated carbocycles. The highest BCUT2D eigenvalue weighted by molar-refractivity contribution is 5.50. The number of rotatable bonds is 3. The van der Waals surface area contributed by atoms with E-state index in [1.54, 1.807) is 0 Å². The smallest absolute Gasteiger partial charge is 0.231 e. The van der Waals surface area contributed by atoms with Gasteiger partial charge in [0.25, 0.3) is 0 Å². The Balaban J connectivity index is 1.33. The monoisotopic (exact) mass is 434 g/mol. The van der Waals surface area contributed by atoms with Crippen LogP contribution < -0.4 is 14.7 Å². The minimum atomic E-state index is 0.429. The van der Waals surface area contributed by atoms with Gasteiger partial charge in [0.1, 0.15) is 5.75 Å². The van der Waals surface area contributed by atoms with E-state index in [0.717, 1.165) is 69.1 Å². The van der Waals surface area contributed by atoms with E-state index in [9.17, 15) is 5.11 Å². The fourth-order valence-corrected chi connectivity index (χ4v) is 6.18. The van der Waals surface area contributed by atoms with Gasteiger partial charge in [0, 0.05) is 45.2 Å². The van der Waals surface area contributed by atoms with Crippen molar-refractivity contribution in [2.75, 3.05) is 54.0 Å². The Labute approximate surface area is 190 Å². The average Bonchev–Trinajstić information content (AvgIpc) is 2.85. The van der Waals surface area contributed by atoms with E-state index in [1.807, 2.05) is 12.1 Å². The third kappa shape index (κ3) is 3.76. The summed E-state index contributed by atoms with van der Waals surface area (Å²) in [4.78, 5) is 22.1. The fourth-order valence-electron chi connectivity index (χ4n) is 6.18. The first-order chi connectivity index (χ1) is 15.7. The van der Waals surface area contributed by atoms with Crippen LogP contribution in [-0.4, -0.2) is 59.3 Å². The maximum absolute atomic E-state index is 10.4. The molecule has 0 unspecified atom stereocenters. The summed E-state index contributed by atoms with van der Waals surface area (Å²) in [7, 11) is 0. The predicted molar refractivity (Wildman–Crippen MR) is 127 cm³/mol. The molecule has 1 aliphatic carbocycles. The highest BCUT2D eigenvalue weighted by Crippen LogP contribution is 2.43. The first-order valence-electron chi connectivity index (χ1n) is 12.6. The minimum absolute atomic E-state index is 0.429. The van der Waals surface area contributed by atoms with Gasteiger partial charge in [0.2, 0.25) is 17.8 Å². The van der Waals surface area contributed by atoms with Crippen molar-refractivity contribution in [3.63, 3.8) is 0 Å². The summed E-state index contributed by atoms with van der Waals surface area (Å²) in [6.07, 6.45) is 9.60. The number of hydrogen-bond donors (Lipinski definition) is 1. The van der Waals surface area contributed by atoms with E-state index in [4.69, 9.17) is 15.0 Å². The Kier molecular flexibility index (Phi) is 5.27. The topological polar surface area (TPSA) is 68.6 Å². The van der Waals surface area contributed by atoms with Crippen molar-refractivity contribution < 1.29 is 5.11 Å². The molecule has 7 nitrogen and oxygen atoms in total.